The number of nitrogens with one attached hydrogen (secondary N) is 1. The van der Waals surface area contributed by atoms with Gasteiger partial charge in [-0.05, 0) is 19.1 Å². The van der Waals surface area contributed by atoms with Crippen LogP contribution >= 0.6 is 11.8 Å². The van der Waals surface area contributed by atoms with Crippen LogP contribution in [0.5, 0.6) is 11.5 Å². The van der Waals surface area contributed by atoms with E-state index in [0.717, 1.165) is 5.56 Å². The van der Waals surface area contributed by atoms with Crippen LogP contribution in [0, 0.1) is 18.3 Å². The van der Waals surface area contributed by atoms with E-state index in [4.69, 9.17) is 9.47 Å². The maximum absolute atomic E-state index is 12.5. The number of ether oxygens (including phenoxy) is 2. The lowest BCUT2D eigenvalue weighted by molar-refractivity contribution is -0.113. The zero-order valence-electron chi connectivity index (χ0n) is 16.8. The highest BCUT2D eigenvalue weighted by atomic mass is 32.2. The van der Waals surface area contributed by atoms with E-state index in [2.05, 4.69) is 21.4 Å². The second kappa shape index (κ2) is 9.76. The summed E-state index contributed by atoms with van der Waals surface area (Å²) in [4.78, 5) is 21.5. The molecule has 3 aromatic rings. The van der Waals surface area contributed by atoms with Gasteiger partial charge in [0, 0.05) is 11.6 Å². The molecule has 0 aliphatic heterocycles. The zero-order valence-corrected chi connectivity index (χ0v) is 17.6. The summed E-state index contributed by atoms with van der Waals surface area (Å²) in [5, 5.41) is 12.8. The van der Waals surface area contributed by atoms with E-state index < -0.39 is 0 Å². The Morgan fingerprint density at radius 3 is 2.57 bits per heavy atom. The number of aryl methyl sites for hydroxylation is 1. The first-order valence-corrected chi connectivity index (χ1v) is 10.0. The molecule has 0 fully saturated rings. The predicted octanol–water partition coefficient (Wildman–Crippen LogP) is 4.07. The molecule has 0 bridgehead atoms. The van der Waals surface area contributed by atoms with Crippen LogP contribution in [0.3, 0.4) is 0 Å². The first-order valence-electron chi connectivity index (χ1n) is 9.04. The third kappa shape index (κ3) is 4.88. The number of anilines is 1. The van der Waals surface area contributed by atoms with Crippen molar-refractivity contribution in [3.8, 4) is 29.0 Å². The van der Waals surface area contributed by atoms with Gasteiger partial charge in [-0.25, -0.2) is 9.97 Å². The smallest absolute Gasteiger partial charge is 0.234 e. The van der Waals surface area contributed by atoms with Gasteiger partial charge in [0.05, 0.1) is 31.4 Å². The minimum absolute atomic E-state index is 0.0779. The number of rotatable bonds is 7. The van der Waals surface area contributed by atoms with Gasteiger partial charge in [0.2, 0.25) is 5.91 Å². The molecule has 0 radical (unpaired) electrons. The van der Waals surface area contributed by atoms with Crippen molar-refractivity contribution in [2.24, 2.45) is 0 Å². The second-order valence-corrected chi connectivity index (χ2v) is 7.16. The Labute approximate surface area is 179 Å². The molecule has 2 aromatic carbocycles. The van der Waals surface area contributed by atoms with E-state index in [1.165, 1.54) is 18.9 Å². The lowest BCUT2D eigenvalue weighted by Gasteiger charge is -2.12. The summed E-state index contributed by atoms with van der Waals surface area (Å²) >= 11 is 1.19. The summed E-state index contributed by atoms with van der Waals surface area (Å²) in [6, 6.07) is 16.8. The summed E-state index contributed by atoms with van der Waals surface area (Å²) in [6.45, 7) is 1.76. The molecule has 152 valence electrons. The van der Waals surface area contributed by atoms with Crippen molar-refractivity contribution in [2.75, 3.05) is 25.3 Å². The van der Waals surface area contributed by atoms with Gasteiger partial charge in [-0.3, -0.25) is 4.79 Å². The number of hydrogen-bond donors (Lipinski definition) is 1. The average molecular weight is 420 g/mol. The maximum Gasteiger partial charge on any atom is 0.234 e. The van der Waals surface area contributed by atoms with Gasteiger partial charge in [-0.2, -0.15) is 5.26 Å². The van der Waals surface area contributed by atoms with Crippen molar-refractivity contribution >= 4 is 23.4 Å². The van der Waals surface area contributed by atoms with E-state index in [-0.39, 0.29) is 11.7 Å². The Morgan fingerprint density at radius 2 is 1.90 bits per heavy atom. The fourth-order valence-electron chi connectivity index (χ4n) is 2.72. The molecule has 0 aliphatic rings. The number of amides is 1. The van der Waals surface area contributed by atoms with Crippen molar-refractivity contribution in [1.29, 1.82) is 5.26 Å². The molecule has 30 heavy (non-hydrogen) atoms. The summed E-state index contributed by atoms with van der Waals surface area (Å²) in [5.41, 5.74) is 2.33. The number of nitrogens with zero attached hydrogens (tertiary/aromatic N) is 3. The fourth-order valence-corrected chi connectivity index (χ4v) is 3.55. The van der Waals surface area contributed by atoms with Gasteiger partial charge < -0.3 is 14.8 Å². The lowest BCUT2D eigenvalue weighted by atomic mass is 10.2. The van der Waals surface area contributed by atoms with Crippen molar-refractivity contribution in [1.82, 2.24) is 9.97 Å². The molecule has 8 heteroatoms. The van der Waals surface area contributed by atoms with Crippen LogP contribution in [0.4, 0.5) is 5.69 Å². The molecule has 0 atom stereocenters. The van der Waals surface area contributed by atoms with Crippen LogP contribution in [0.15, 0.2) is 53.6 Å². The highest BCUT2D eigenvalue weighted by Gasteiger charge is 2.16. The molecule has 0 spiro atoms. The molecule has 0 unspecified atom stereocenters. The molecule has 1 N–H and O–H groups in total. The summed E-state index contributed by atoms with van der Waals surface area (Å²) in [5.74, 6) is 1.48. The summed E-state index contributed by atoms with van der Waals surface area (Å²) in [6.07, 6.45) is 0. The Hall–Kier alpha value is -3.57. The minimum Gasteiger partial charge on any atom is -0.497 e. The fraction of sp³-hybridized carbons (Fsp3) is 0.182. The molecule has 1 aromatic heterocycles. The quantitative estimate of drug-likeness (QED) is 0.454. The second-order valence-electron chi connectivity index (χ2n) is 6.19. The molecule has 1 amide bonds. The third-order valence-electron chi connectivity index (χ3n) is 4.22. The van der Waals surface area contributed by atoms with Gasteiger partial charge in [-0.15, -0.1) is 0 Å². The minimum atomic E-state index is -0.245. The van der Waals surface area contributed by atoms with E-state index >= 15 is 0 Å². The highest BCUT2D eigenvalue weighted by Crippen LogP contribution is 2.30. The molecule has 7 nitrogen and oxygen atoms in total. The van der Waals surface area contributed by atoms with Crippen LogP contribution in [0.1, 0.15) is 11.3 Å². The predicted molar refractivity (Wildman–Crippen MR) is 116 cm³/mol. The number of benzene rings is 2. The van der Waals surface area contributed by atoms with Gasteiger partial charge in [0.25, 0.3) is 0 Å². The SMILES string of the molecule is COc1ccc(NC(=O)CSc2nc(-c3ccccc3)nc(C)c2C#N)c(OC)c1. The first-order chi connectivity index (χ1) is 14.5. The largest absolute Gasteiger partial charge is 0.497 e. The normalized spacial score (nSPS) is 10.2. The van der Waals surface area contributed by atoms with Crippen LogP contribution in [-0.4, -0.2) is 35.8 Å². The van der Waals surface area contributed by atoms with Crippen molar-refractivity contribution < 1.29 is 14.3 Å². The molecule has 0 saturated carbocycles. The summed E-state index contributed by atoms with van der Waals surface area (Å²) in [7, 11) is 3.08. The monoisotopic (exact) mass is 420 g/mol. The van der Waals surface area contributed by atoms with Crippen molar-refractivity contribution in [3.63, 3.8) is 0 Å². The number of methoxy groups -OCH3 is 2. The Morgan fingerprint density at radius 1 is 1.13 bits per heavy atom. The van der Waals surface area contributed by atoms with Crippen LogP contribution in [0.25, 0.3) is 11.4 Å². The Balaban J connectivity index is 1.77. The number of nitriles is 1. The van der Waals surface area contributed by atoms with E-state index in [9.17, 15) is 10.1 Å². The standard InChI is InChI=1S/C22H20N4O3S/c1-14-17(12-23)22(26-21(24-14)15-7-5-4-6-8-15)30-13-20(27)25-18-10-9-16(28-2)11-19(18)29-3/h4-11H,13H2,1-3H3,(H,25,27). The zero-order chi connectivity index (χ0) is 21.5. The number of aromatic nitrogens is 2. The summed E-state index contributed by atoms with van der Waals surface area (Å²) < 4.78 is 10.5. The molecule has 1 heterocycles. The van der Waals surface area contributed by atoms with Crippen molar-refractivity contribution in [3.05, 3.63) is 59.8 Å². The topological polar surface area (TPSA) is 97.1 Å². The molecular formula is C22H20N4O3S. The van der Waals surface area contributed by atoms with Crippen molar-refractivity contribution in [2.45, 2.75) is 11.9 Å². The maximum atomic E-state index is 12.5. The number of thioether (sulfide) groups is 1. The van der Waals surface area contributed by atoms with Gasteiger partial charge >= 0.3 is 0 Å². The third-order valence-corrected chi connectivity index (χ3v) is 5.20. The highest BCUT2D eigenvalue weighted by molar-refractivity contribution is 8.00. The Kier molecular flexibility index (Phi) is 6.88. The van der Waals surface area contributed by atoms with Crippen LogP contribution in [0.2, 0.25) is 0 Å². The van der Waals surface area contributed by atoms with E-state index in [0.29, 0.717) is 39.3 Å². The first kappa shape index (κ1) is 21.1. The van der Waals surface area contributed by atoms with Crippen LogP contribution in [-0.2, 0) is 4.79 Å². The molecule has 0 saturated heterocycles. The number of carbonyl (C=O) groups is 1. The average Bonchev–Trinajstić information content (AvgIpc) is 2.78. The molecule has 3 rings (SSSR count). The van der Waals surface area contributed by atoms with Gasteiger partial charge in [-0.1, -0.05) is 42.1 Å². The number of hydrogen-bond acceptors (Lipinski definition) is 7. The van der Waals surface area contributed by atoms with Gasteiger partial charge in [0.15, 0.2) is 5.82 Å². The molecular weight excluding hydrogens is 400 g/mol. The van der Waals surface area contributed by atoms with Crippen LogP contribution < -0.4 is 14.8 Å². The number of carbonyl (C=O) groups excluding carboxylic acids is 1. The van der Waals surface area contributed by atoms with Gasteiger partial charge in [0.1, 0.15) is 28.2 Å². The van der Waals surface area contributed by atoms with E-state index in [1.807, 2.05) is 30.3 Å². The Bertz CT molecular complexity index is 1100. The molecule has 0 aliphatic carbocycles. The van der Waals surface area contributed by atoms with E-state index in [1.54, 1.807) is 32.2 Å². The lowest BCUT2D eigenvalue weighted by Crippen LogP contribution is -2.15.